The van der Waals surface area contributed by atoms with Gasteiger partial charge in [-0.15, -0.1) is 11.3 Å². The third-order valence-electron chi connectivity index (χ3n) is 4.51. The van der Waals surface area contributed by atoms with Gasteiger partial charge >= 0.3 is 0 Å². The molecule has 0 fully saturated rings. The van der Waals surface area contributed by atoms with Crippen LogP contribution in [0.2, 0.25) is 0 Å². The number of hydrogen-bond acceptors (Lipinski definition) is 3. The van der Waals surface area contributed by atoms with Gasteiger partial charge in [0.15, 0.2) is 16.8 Å². The van der Waals surface area contributed by atoms with Gasteiger partial charge in [0.1, 0.15) is 0 Å². The molecular formula is C20H21F2N3OS. The Labute approximate surface area is 160 Å². The summed E-state index contributed by atoms with van der Waals surface area (Å²) in [5, 5.41) is 5.71. The number of rotatable bonds is 6. The highest BCUT2D eigenvalue weighted by Crippen LogP contribution is 2.22. The number of nitrogens with one attached hydrogen (secondary N) is 1. The van der Waals surface area contributed by atoms with E-state index in [9.17, 15) is 13.6 Å². The second-order valence-corrected chi connectivity index (χ2v) is 7.47. The molecule has 1 N–H and O–H groups in total. The third-order valence-corrected chi connectivity index (χ3v) is 5.27. The molecule has 7 heteroatoms. The van der Waals surface area contributed by atoms with Gasteiger partial charge in [-0.2, -0.15) is 0 Å². The van der Waals surface area contributed by atoms with Crippen molar-refractivity contribution >= 4 is 17.2 Å². The number of aryl methyl sites for hydroxylation is 2. The number of halogens is 2. The molecule has 0 aliphatic rings. The smallest absolute Gasteiger partial charge is 0.253 e. The number of hydrogen-bond donors (Lipinski definition) is 1. The average molecular weight is 389 g/mol. The van der Waals surface area contributed by atoms with Crippen LogP contribution in [0.1, 0.15) is 40.7 Å². The van der Waals surface area contributed by atoms with E-state index in [1.54, 1.807) is 12.3 Å². The SMILES string of the molecule is Cc1cc(C(=O)NC(C)CCc2ccc(F)c(F)c2)c(C)n1-c1nccs1. The molecule has 0 saturated carbocycles. The maximum absolute atomic E-state index is 13.3. The maximum atomic E-state index is 13.3. The normalized spacial score (nSPS) is 12.2. The molecular weight excluding hydrogens is 368 g/mol. The highest BCUT2D eigenvalue weighted by atomic mass is 32.1. The molecule has 2 aromatic heterocycles. The van der Waals surface area contributed by atoms with E-state index >= 15 is 0 Å². The molecule has 1 unspecified atom stereocenters. The molecule has 142 valence electrons. The first kappa shape index (κ1) is 19.2. The number of carbonyl (C=O) groups is 1. The Morgan fingerprint density at radius 1 is 1.26 bits per heavy atom. The van der Waals surface area contributed by atoms with Crippen LogP contribution in [-0.4, -0.2) is 21.5 Å². The minimum absolute atomic E-state index is 0.103. The van der Waals surface area contributed by atoms with Crippen LogP contribution in [0.25, 0.3) is 5.13 Å². The van der Waals surface area contributed by atoms with Gasteiger partial charge in [-0.25, -0.2) is 13.8 Å². The summed E-state index contributed by atoms with van der Waals surface area (Å²) in [5.41, 5.74) is 3.11. The molecule has 3 rings (SSSR count). The summed E-state index contributed by atoms with van der Waals surface area (Å²) in [6, 6.07) is 5.64. The standard InChI is InChI=1S/C20H21F2N3OS/c1-12(4-5-15-6-7-17(21)18(22)11-15)24-19(26)16-10-13(2)25(14(16)3)20-23-8-9-27-20/h6-12H,4-5H2,1-3H3,(H,24,26). The van der Waals surface area contributed by atoms with E-state index < -0.39 is 11.6 Å². The van der Waals surface area contributed by atoms with Crippen molar-refractivity contribution in [2.45, 2.75) is 39.7 Å². The van der Waals surface area contributed by atoms with Crippen LogP contribution in [0, 0.1) is 25.5 Å². The van der Waals surface area contributed by atoms with Crippen molar-refractivity contribution in [1.29, 1.82) is 0 Å². The van der Waals surface area contributed by atoms with Crippen LogP contribution in [0.3, 0.4) is 0 Å². The monoisotopic (exact) mass is 389 g/mol. The van der Waals surface area contributed by atoms with Crippen LogP contribution >= 0.6 is 11.3 Å². The Hall–Kier alpha value is -2.54. The van der Waals surface area contributed by atoms with Gasteiger partial charge in [0, 0.05) is 29.0 Å². The van der Waals surface area contributed by atoms with Crippen LogP contribution in [0.15, 0.2) is 35.8 Å². The third kappa shape index (κ3) is 4.24. The van der Waals surface area contributed by atoms with Gasteiger partial charge in [-0.1, -0.05) is 6.07 Å². The first-order valence-electron chi connectivity index (χ1n) is 8.70. The summed E-state index contributed by atoms with van der Waals surface area (Å²) >= 11 is 1.51. The molecule has 0 spiro atoms. The summed E-state index contributed by atoms with van der Waals surface area (Å²) < 4.78 is 28.2. The lowest BCUT2D eigenvalue weighted by molar-refractivity contribution is 0.0938. The number of thiazole rings is 1. The fourth-order valence-electron chi connectivity index (χ4n) is 3.07. The highest BCUT2D eigenvalue weighted by molar-refractivity contribution is 7.12. The Morgan fingerprint density at radius 2 is 2.04 bits per heavy atom. The molecule has 1 amide bonds. The fourth-order valence-corrected chi connectivity index (χ4v) is 3.82. The van der Waals surface area contributed by atoms with Crippen LogP contribution < -0.4 is 5.32 Å². The number of nitrogens with zero attached hydrogens (tertiary/aromatic N) is 2. The lowest BCUT2D eigenvalue weighted by Crippen LogP contribution is -2.33. The van der Waals surface area contributed by atoms with Crippen molar-refractivity contribution in [3.8, 4) is 5.13 Å². The van der Waals surface area contributed by atoms with E-state index in [-0.39, 0.29) is 11.9 Å². The van der Waals surface area contributed by atoms with Crippen molar-refractivity contribution in [3.05, 3.63) is 70.0 Å². The predicted molar refractivity (Wildman–Crippen MR) is 103 cm³/mol. The zero-order valence-electron chi connectivity index (χ0n) is 15.4. The summed E-state index contributed by atoms with van der Waals surface area (Å²) in [5.74, 6) is -1.85. The van der Waals surface area contributed by atoms with Gasteiger partial charge < -0.3 is 5.32 Å². The lowest BCUT2D eigenvalue weighted by atomic mass is 10.1. The second kappa shape index (κ2) is 8.00. The Balaban J connectivity index is 1.65. The zero-order chi connectivity index (χ0) is 19.6. The molecule has 0 saturated heterocycles. The van der Waals surface area contributed by atoms with Gasteiger partial charge in [0.2, 0.25) is 0 Å². The van der Waals surface area contributed by atoms with E-state index in [0.29, 0.717) is 24.0 Å². The van der Waals surface area contributed by atoms with Crippen molar-refractivity contribution in [1.82, 2.24) is 14.9 Å². The average Bonchev–Trinajstić information content (AvgIpc) is 3.23. The molecule has 2 heterocycles. The number of benzene rings is 1. The van der Waals surface area contributed by atoms with Gasteiger partial charge in [-0.3, -0.25) is 9.36 Å². The van der Waals surface area contributed by atoms with E-state index in [0.717, 1.165) is 22.6 Å². The number of amides is 1. The maximum Gasteiger partial charge on any atom is 0.253 e. The van der Waals surface area contributed by atoms with Crippen molar-refractivity contribution in [2.24, 2.45) is 0 Å². The first-order chi connectivity index (χ1) is 12.9. The fraction of sp³-hybridized carbons (Fsp3) is 0.300. The van der Waals surface area contributed by atoms with Gasteiger partial charge in [-0.05, 0) is 57.4 Å². The van der Waals surface area contributed by atoms with E-state index in [1.165, 1.54) is 17.4 Å². The molecule has 27 heavy (non-hydrogen) atoms. The Kier molecular flexibility index (Phi) is 5.70. The topological polar surface area (TPSA) is 46.9 Å². The molecule has 1 aromatic carbocycles. The van der Waals surface area contributed by atoms with E-state index in [4.69, 9.17) is 0 Å². The van der Waals surface area contributed by atoms with Crippen LogP contribution in [0.4, 0.5) is 8.78 Å². The van der Waals surface area contributed by atoms with Gasteiger partial charge in [0.05, 0.1) is 5.56 Å². The first-order valence-corrected chi connectivity index (χ1v) is 9.58. The van der Waals surface area contributed by atoms with E-state index in [1.807, 2.05) is 36.8 Å². The minimum atomic E-state index is -0.851. The summed E-state index contributed by atoms with van der Waals surface area (Å²) in [6.07, 6.45) is 2.91. The minimum Gasteiger partial charge on any atom is -0.350 e. The lowest BCUT2D eigenvalue weighted by Gasteiger charge is -2.14. The highest BCUT2D eigenvalue weighted by Gasteiger charge is 2.19. The van der Waals surface area contributed by atoms with Crippen LogP contribution in [-0.2, 0) is 6.42 Å². The Bertz CT molecular complexity index is 951. The van der Waals surface area contributed by atoms with Crippen LogP contribution in [0.5, 0.6) is 0 Å². The molecule has 0 radical (unpaired) electrons. The quantitative estimate of drug-likeness (QED) is 0.671. The number of aromatic nitrogens is 2. The zero-order valence-corrected chi connectivity index (χ0v) is 16.2. The predicted octanol–water partition coefficient (Wildman–Crippen LogP) is 4.58. The van der Waals surface area contributed by atoms with Crippen molar-refractivity contribution in [3.63, 3.8) is 0 Å². The number of carbonyl (C=O) groups excluding carboxylic acids is 1. The van der Waals surface area contributed by atoms with Gasteiger partial charge in [0.25, 0.3) is 5.91 Å². The molecule has 1 atom stereocenters. The Morgan fingerprint density at radius 3 is 2.70 bits per heavy atom. The van der Waals surface area contributed by atoms with E-state index in [2.05, 4.69) is 10.3 Å². The molecule has 3 aromatic rings. The van der Waals surface area contributed by atoms with Crippen molar-refractivity contribution in [2.75, 3.05) is 0 Å². The molecule has 0 bridgehead atoms. The second-order valence-electron chi connectivity index (χ2n) is 6.60. The summed E-state index contributed by atoms with van der Waals surface area (Å²) in [6.45, 7) is 5.74. The summed E-state index contributed by atoms with van der Waals surface area (Å²) in [4.78, 5) is 17.0. The molecule has 4 nitrogen and oxygen atoms in total. The molecule has 0 aliphatic carbocycles. The van der Waals surface area contributed by atoms with Crippen molar-refractivity contribution < 1.29 is 13.6 Å². The molecule has 0 aliphatic heterocycles. The largest absolute Gasteiger partial charge is 0.350 e. The summed E-state index contributed by atoms with van der Waals surface area (Å²) in [7, 11) is 0.